The van der Waals surface area contributed by atoms with Gasteiger partial charge in [-0.2, -0.15) is 10.2 Å². The smallest absolute Gasteiger partial charge is 0.252 e. The van der Waals surface area contributed by atoms with Crippen LogP contribution in [0.4, 0.5) is 0 Å². The van der Waals surface area contributed by atoms with E-state index in [1.807, 2.05) is 73.6 Å². The summed E-state index contributed by atoms with van der Waals surface area (Å²) in [5.74, 6) is -0.0904. The third-order valence-corrected chi connectivity index (χ3v) is 5.75. The number of aryl methyl sites for hydroxylation is 4. The number of amides is 1. The number of hydrogen-bond donors (Lipinski definition) is 1. The monoisotopic (exact) mass is 416 g/mol. The third-order valence-electron chi connectivity index (χ3n) is 5.75. The lowest BCUT2D eigenvalue weighted by Gasteiger charge is -2.11. The summed E-state index contributed by atoms with van der Waals surface area (Å²) in [6.45, 7) is 9.14. The van der Waals surface area contributed by atoms with Gasteiger partial charge in [0, 0.05) is 30.4 Å². The molecule has 0 fully saturated rings. The topological polar surface area (TPSA) is 77.6 Å². The van der Waals surface area contributed by atoms with Crippen LogP contribution in [-0.4, -0.2) is 37.0 Å². The van der Waals surface area contributed by atoms with Crippen molar-refractivity contribution in [2.75, 3.05) is 6.54 Å². The predicted molar refractivity (Wildman–Crippen MR) is 121 cm³/mol. The average molecular weight is 417 g/mol. The minimum Gasteiger partial charge on any atom is -0.352 e. The molecule has 7 heteroatoms. The van der Waals surface area contributed by atoms with Crippen LogP contribution >= 0.6 is 0 Å². The summed E-state index contributed by atoms with van der Waals surface area (Å²) in [4.78, 5) is 17.9. The van der Waals surface area contributed by atoms with E-state index >= 15 is 0 Å². The molecule has 1 N–H and O–H groups in total. The Bertz CT molecular complexity index is 1270. The van der Waals surface area contributed by atoms with Gasteiger partial charge in [-0.3, -0.25) is 19.1 Å². The Morgan fingerprint density at radius 3 is 2.52 bits per heavy atom. The first-order valence-corrected chi connectivity index (χ1v) is 10.5. The van der Waals surface area contributed by atoms with E-state index < -0.39 is 0 Å². The normalized spacial score (nSPS) is 11.3. The minimum absolute atomic E-state index is 0.0904. The molecule has 0 aliphatic carbocycles. The van der Waals surface area contributed by atoms with Gasteiger partial charge in [-0.1, -0.05) is 18.2 Å². The van der Waals surface area contributed by atoms with Gasteiger partial charge in [0.2, 0.25) is 0 Å². The van der Waals surface area contributed by atoms with Crippen LogP contribution < -0.4 is 5.32 Å². The van der Waals surface area contributed by atoms with E-state index in [1.165, 1.54) is 5.56 Å². The van der Waals surface area contributed by atoms with Crippen molar-refractivity contribution in [1.29, 1.82) is 0 Å². The van der Waals surface area contributed by atoms with E-state index in [1.54, 1.807) is 0 Å². The summed E-state index contributed by atoms with van der Waals surface area (Å²) in [7, 11) is 1.94. The van der Waals surface area contributed by atoms with Crippen molar-refractivity contribution in [3.63, 3.8) is 0 Å². The van der Waals surface area contributed by atoms with Crippen molar-refractivity contribution >= 4 is 16.8 Å². The maximum Gasteiger partial charge on any atom is 0.252 e. The maximum absolute atomic E-state index is 13.1. The third kappa shape index (κ3) is 4.21. The van der Waals surface area contributed by atoms with Crippen LogP contribution in [0.1, 0.15) is 44.4 Å². The van der Waals surface area contributed by atoms with Crippen LogP contribution in [-0.2, 0) is 20.0 Å². The van der Waals surface area contributed by atoms with Gasteiger partial charge in [-0.25, -0.2) is 0 Å². The summed E-state index contributed by atoms with van der Waals surface area (Å²) in [5.41, 5.74) is 7.64. The number of pyridine rings is 1. The van der Waals surface area contributed by atoms with Crippen molar-refractivity contribution < 1.29 is 4.79 Å². The minimum atomic E-state index is -0.0904. The molecular formula is C24H28N6O. The zero-order valence-electron chi connectivity index (χ0n) is 18.7. The van der Waals surface area contributed by atoms with Gasteiger partial charge in [-0.15, -0.1) is 0 Å². The number of fused-ring (bicyclic) bond motifs is 1. The molecule has 0 aliphatic heterocycles. The molecule has 3 aromatic heterocycles. The first-order valence-electron chi connectivity index (χ1n) is 10.5. The molecule has 0 bridgehead atoms. The fourth-order valence-electron chi connectivity index (χ4n) is 4.06. The molecule has 1 aromatic carbocycles. The fourth-order valence-corrected chi connectivity index (χ4v) is 4.06. The Balaban J connectivity index is 1.58. The average Bonchev–Trinajstić information content (AvgIpc) is 3.18. The first kappa shape index (κ1) is 20.8. The van der Waals surface area contributed by atoms with Gasteiger partial charge in [0.15, 0.2) is 0 Å². The molecule has 31 heavy (non-hydrogen) atoms. The highest BCUT2D eigenvalue weighted by Gasteiger charge is 2.15. The molecule has 1 amide bonds. The lowest BCUT2D eigenvalue weighted by atomic mass is 10.1. The van der Waals surface area contributed by atoms with Gasteiger partial charge in [0.25, 0.3) is 5.91 Å². The molecule has 0 aliphatic rings. The Morgan fingerprint density at radius 2 is 1.84 bits per heavy atom. The molecule has 0 spiro atoms. The second-order valence-electron chi connectivity index (χ2n) is 8.04. The summed E-state index contributed by atoms with van der Waals surface area (Å²) in [6.07, 6.45) is 0.749. The number of aromatic nitrogens is 5. The standard InChI is InChI=1S/C24H28N6O/c1-15-12-16(2)30(27-15)14-19-13-22(21-8-6-7-9-23(21)26-19)24(31)25-11-10-20-17(3)28-29(5)18(20)4/h6-9,12-13H,10-11,14H2,1-5H3,(H,25,31). The van der Waals surface area contributed by atoms with Gasteiger partial charge in [0.1, 0.15) is 0 Å². The summed E-state index contributed by atoms with van der Waals surface area (Å²) < 4.78 is 3.80. The van der Waals surface area contributed by atoms with Crippen molar-refractivity contribution in [2.45, 2.75) is 40.7 Å². The summed E-state index contributed by atoms with van der Waals surface area (Å²) in [6, 6.07) is 11.7. The summed E-state index contributed by atoms with van der Waals surface area (Å²) in [5, 5.41) is 12.9. The molecule has 4 rings (SSSR count). The van der Waals surface area contributed by atoms with Crippen molar-refractivity contribution in [3.05, 3.63) is 76.0 Å². The first-order chi connectivity index (χ1) is 14.8. The number of hydrogen-bond acceptors (Lipinski definition) is 4. The Kier molecular flexibility index (Phi) is 5.59. The quantitative estimate of drug-likeness (QED) is 0.522. The molecule has 0 saturated carbocycles. The highest BCUT2D eigenvalue weighted by Crippen LogP contribution is 2.20. The van der Waals surface area contributed by atoms with Gasteiger partial charge < -0.3 is 5.32 Å². The Labute approximate surface area is 182 Å². The largest absolute Gasteiger partial charge is 0.352 e. The number of carbonyl (C=O) groups is 1. The SMILES string of the molecule is Cc1cc(C)n(Cc2cc(C(=O)NCCc3c(C)nn(C)c3C)c3ccccc3n2)n1. The van der Waals surface area contributed by atoms with Crippen LogP contribution in [0.15, 0.2) is 36.4 Å². The van der Waals surface area contributed by atoms with Gasteiger partial charge >= 0.3 is 0 Å². The van der Waals surface area contributed by atoms with Crippen molar-refractivity contribution in [1.82, 2.24) is 29.9 Å². The number of benzene rings is 1. The second-order valence-corrected chi connectivity index (χ2v) is 8.04. The molecule has 0 atom stereocenters. The fraction of sp³-hybridized carbons (Fsp3) is 0.333. The Morgan fingerprint density at radius 1 is 1.06 bits per heavy atom. The zero-order valence-corrected chi connectivity index (χ0v) is 18.7. The highest BCUT2D eigenvalue weighted by atomic mass is 16.1. The highest BCUT2D eigenvalue weighted by molar-refractivity contribution is 6.06. The van der Waals surface area contributed by atoms with Crippen molar-refractivity contribution in [2.24, 2.45) is 7.05 Å². The molecule has 0 saturated heterocycles. The van der Waals surface area contributed by atoms with E-state index in [0.717, 1.165) is 45.8 Å². The number of nitrogens with zero attached hydrogens (tertiary/aromatic N) is 5. The van der Waals surface area contributed by atoms with E-state index in [9.17, 15) is 4.79 Å². The van der Waals surface area contributed by atoms with E-state index in [-0.39, 0.29) is 5.91 Å². The van der Waals surface area contributed by atoms with Crippen LogP contribution in [0.2, 0.25) is 0 Å². The molecule has 7 nitrogen and oxygen atoms in total. The molecule has 0 radical (unpaired) electrons. The van der Waals surface area contributed by atoms with E-state index in [2.05, 4.69) is 22.4 Å². The lowest BCUT2D eigenvalue weighted by molar-refractivity contribution is 0.0955. The number of nitrogens with one attached hydrogen (secondary N) is 1. The molecule has 3 heterocycles. The number of rotatable bonds is 6. The lowest BCUT2D eigenvalue weighted by Crippen LogP contribution is -2.26. The van der Waals surface area contributed by atoms with E-state index in [4.69, 9.17) is 4.98 Å². The van der Waals surface area contributed by atoms with Crippen molar-refractivity contribution in [3.8, 4) is 0 Å². The summed E-state index contributed by atoms with van der Waals surface area (Å²) >= 11 is 0. The van der Waals surface area contributed by atoms with E-state index in [0.29, 0.717) is 18.7 Å². The second kappa shape index (κ2) is 8.34. The van der Waals surface area contributed by atoms with Gasteiger partial charge in [-0.05, 0) is 57.9 Å². The number of para-hydroxylation sites is 1. The van der Waals surface area contributed by atoms with Crippen LogP contribution in [0.25, 0.3) is 10.9 Å². The molecule has 4 aromatic rings. The maximum atomic E-state index is 13.1. The van der Waals surface area contributed by atoms with Crippen LogP contribution in [0.5, 0.6) is 0 Å². The Hall–Kier alpha value is -3.48. The molecule has 0 unspecified atom stereocenters. The van der Waals surface area contributed by atoms with Crippen LogP contribution in [0, 0.1) is 27.7 Å². The number of carbonyl (C=O) groups excluding carboxylic acids is 1. The van der Waals surface area contributed by atoms with Gasteiger partial charge in [0.05, 0.1) is 34.7 Å². The zero-order chi connectivity index (χ0) is 22.1. The molecule has 160 valence electrons. The van der Waals surface area contributed by atoms with Crippen LogP contribution in [0.3, 0.4) is 0 Å². The molecular weight excluding hydrogens is 388 g/mol. The predicted octanol–water partition coefficient (Wildman–Crippen LogP) is 3.42.